The minimum atomic E-state index is -3.62. The van der Waals surface area contributed by atoms with Crippen molar-refractivity contribution in [3.8, 4) is 5.75 Å². The number of hydrogen-bond donors (Lipinski definition) is 1. The van der Waals surface area contributed by atoms with Crippen LogP contribution in [0, 0.1) is 0 Å². The highest BCUT2D eigenvalue weighted by atomic mass is 32.2. The van der Waals surface area contributed by atoms with E-state index in [2.05, 4.69) is 16.5 Å². The molecule has 1 fully saturated rings. The first-order chi connectivity index (χ1) is 12.0. The molecule has 0 spiro atoms. The fourth-order valence-electron chi connectivity index (χ4n) is 2.73. The van der Waals surface area contributed by atoms with E-state index in [0.717, 1.165) is 19.6 Å². The molecule has 1 saturated heterocycles. The van der Waals surface area contributed by atoms with E-state index in [9.17, 15) is 13.2 Å². The Morgan fingerprint density at radius 1 is 1.12 bits per heavy atom. The molecule has 1 aliphatic heterocycles. The summed E-state index contributed by atoms with van der Waals surface area (Å²) >= 11 is 0. The maximum absolute atomic E-state index is 12.3. The van der Waals surface area contributed by atoms with Gasteiger partial charge in [-0.15, -0.1) is 0 Å². The lowest BCUT2D eigenvalue weighted by Gasteiger charge is -2.34. The van der Waals surface area contributed by atoms with Crippen molar-refractivity contribution in [2.75, 3.05) is 45.9 Å². The molecular formula is C17H27N3O4S. The van der Waals surface area contributed by atoms with Gasteiger partial charge in [0, 0.05) is 39.1 Å². The van der Waals surface area contributed by atoms with E-state index in [1.54, 1.807) is 17.0 Å². The number of hydrogen-bond acceptors (Lipinski definition) is 5. The second-order valence-electron chi connectivity index (χ2n) is 5.87. The van der Waals surface area contributed by atoms with Gasteiger partial charge in [0.25, 0.3) is 0 Å². The minimum absolute atomic E-state index is 0.00912. The predicted octanol–water partition coefficient (Wildman–Crippen LogP) is 0.918. The molecule has 0 bridgehead atoms. The number of benzene rings is 1. The van der Waals surface area contributed by atoms with Gasteiger partial charge in [-0.1, -0.05) is 6.92 Å². The fraction of sp³-hybridized carbons (Fsp3) is 0.588. The van der Waals surface area contributed by atoms with Gasteiger partial charge < -0.3 is 14.5 Å². The van der Waals surface area contributed by atoms with Crippen molar-refractivity contribution in [2.45, 2.75) is 25.2 Å². The Kier molecular flexibility index (Phi) is 7.22. The number of rotatable bonds is 8. The Morgan fingerprint density at radius 2 is 1.76 bits per heavy atom. The van der Waals surface area contributed by atoms with Gasteiger partial charge in [-0.2, -0.15) is 0 Å². The number of amides is 1. The minimum Gasteiger partial charge on any atom is -0.494 e. The lowest BCUT2D eigenvalue weighted by molar-refractivity contribution is -0.132. The summed E-state index contributed by atoms with van der Waals surface area (Å²) in [7, 11) is -3.62. The first-order valence-corrected chi connectivity index (χ1v) is 10.2. The molecule has 7 nitrogen and oxygen atoms in total. The summed E-state index contributed by atoms with van der Waals surface area (Å²) in [5.41, 5.74) is 0. The first-order valence-electron chi connectivity index (χ1n) is 8.69. The summed E-state index contributed by atoms with van der Waals surface area (Å²) in [5.74, 6) is 0.619. The van der Waals surface area contributed by atoms with Crippen molar-refractivity contribution in [3.05, 3.63) is 24.3 Å². The molecule has 0 saturated carbocycles. The zero-order valence-corrected chi connectivity index (χ0v) is 15.7. The summed E-state index contributed by atoms with van der Waals surface area (Å²) in [6, 6.07) is 6.24. The third-order valence-corrected chi connectivity index (χ3v) is 5.73. The van der Waals surface area contributed by atoms with E-state index in [-0.39, 0.29) is 23.8 Å². The third kappa shape index (κ3) is 5.69. The van der Waals surface area contributed by atoms with Gasteiger partial charge >= 0.3 is 0 Å². The number of carbonyl (C=O) groups is 1. The molecule has 25 heavy (non-hydrogen) atoms. The van der Waals surface area contributed by atoms with Crippen LogP contribution in [0.4, 0.5) is 0 Å². The number of likely N-dealkylation sites (N-methyl/N-ethyl adjacent to an activating group) is 1. The zero-order chi connectivity index (χ0) is 18.3. The lowest BCUT2D eigenvalue weighted by atomic mass is 10.3. The van der Waals surface area contributed by atoms with Crippen LogP contribution in [0.2, 0.25) is 0 Å². The van der Waals surface area contributed by atoms with Crippen LogP contribution in [-0.2, 0) is 14.8 Å². The number of nitrogens with zero attached hydrogens (tertiary/aromatic N) is 2. The molecule has 140 valence electrons. The maximum atomic E-state index is 12.3. The molecule has 2 rings (SSSR count). The summed E-state index contributed by atoms with van der Waals surface area (Å²) < 4.78 is 32.3. The van der Waals surface area contributed by atoms with Crippen molar-refractivity contribution in [1.82, 2.24) is 14.5 Å². The summed E-state index contributed by atoms with van der Waals surface area (Å²) in [5, 5.41) is 0. The molecule has 0 aromatic heterocycles. The van der Waals surface area contributed by atoms with Gasteiger partial charge in [0.15, 0.2) is 0 Å². The smallest absolute Gasteiger partial charge is 0.240 e. The van der Waals surface area contributed by atoms with Gasteiger partial charge in [-0.25, -0.2) is 13.1 Å². The summed E-state index contributed by atoms with van der Waals surface area (Å²) in [6.45, 7) is 8.75. The predicted molar refractivity (Wildman–Crippen MR) is 96.1 cm³/mol. The Bertz CT molecular complexity index is 653. The molecule has 0 atom stereocenters. The van der Waals surface area contributed by atoms with Crippen LogP contribution < -0.4 is 9.46 Å². The van der Waals surface area contributed by atoms with Crippen molar-refractivity contribution in [1.29, 1.82) is 0 Å². The molecule has 0 radical (unpaired) electrons. The van der Waals surface area contributed by atoms with E-state index in [0.29, 0.717) is 25.4 Å². The second kappa shape index (κ2) is 9.17. The molecular weight excluding hydrogens is 342 g/mol. The van der Waals surface area contributed by atoms with E-state index in [1.165, 1.54) is 12.1 Å². The highest BCUT2D eigenvalue weighted by Gasteiger charge is 2.20. The molecule has 1 amide bonds. The van der Waals surface area contributed by atoms with Crippen LogP contribution >= 0.6 is 0 Å². The van der Waals surface area contributed by atoms with Crippen LogP contribution in [0.15, 0.2) is 29.2 Å². The average molecular weight is 369 g/mol. The third-order valence-electron chi connectivity index (χ3n) is 4.25. The quantitative estimate of drug-likeness (QED) is 0.737. The van der Waals surface area contributed by atoms with E-state index < -0.39 is 10.0 Å². The van der Waals surface area contributed by atoms with Crippen molar-refractivity contribution in [2.24, 2.45) is 0 Å². The molecule has 0 unspecified atom stereocenters. The van der Waals surface area contributed by atoms with Gasteiger partial charge in [0.2, 0.25) is 15.9 Å². The number of piperazine rings is 1. The highest BCUT2D eigenvalue weighted by Crippen LogP contribution is 2.15. The topological polar surface area (TPSA) is 78.9 Å². The van der Waals surface area contributed by atoms with Crippen LogP contribution in [0.5, 0.6) is 5.75 Å². The Hall–Kier alpha value is -1.64. The van der Waals surface area contributed by atoms with Crippen LogP contribution in [0.3, 0.4) is 0 Å². The Balaban J connectivity index is 1.80. The molecule has 1 aromatic rings. The Labute approximate surface area is 150 Å². The molecule has 8 heteroatoms. The van der Waals surface area contributed by atoms with Crippen LogP contribution in [0.25, 0.3) is 0 Å². The number of nitrogens with one attached hydrogen (secondary N) is 1. The standard InChI is InChI=1S/C17H27N3O4S/c1-3-19-11-13-20(14-12-19)17(21)9-10-18-25(22,23)16-7-5-15(6-8-16)24-4-2/h5-8,18H,3-4,9-14H2,1-2H3. The van der Waals surface area contributed by atoms with Gasteiger partial charge in [-0.3, -0.25) is 4.79 Å². The maximum Gasteiger partial charge on any atom is 0.240 e. The van der Waals surface area contributed by atoms with E-state index >= 15 is 0 Å². The lowest BCUT2D eigenvalue weighted by Crippen LogP contribution is -2.49. The van der Waals surface area contributed by atoms with E-state index in [4.69, 9.17) is 4.74 Å². The van der Waals surface area contributed by atoms with Crippen molar-refractivity contribution < 1.29 is 17.9 Å². The number of carbonyl (C=O) groups excluding carboxylic acids is 1. The molecule has 1 heterocycles. The SMILES string of the molecule is CCOc1ccc(S(=O)(=O)NCCC(=O)N2CCN(CC)CC2)cc1. The molecule has 1 N–H and O–H groups in total. The van der Waals surface area contributed by atoms with Crippen molar-refractivity contribution in [3.63, 3.8) is 0 Å². The first kappa shape index (κ1) is 19.7. The monoisotopic (exact) mass is 369 g/mol. The van der Waals surface area contributed by atoms with Crippen molar-refractivity contribution >= 4 is 15.9 Å². The summed E-state index contributed by atoms with van der Waals surface area (Å²) in [4.78, 5) is 16.4. The number of sulfonamides is 1. The highest BCUT2D eigenvalue weighted by molar-refractivity contribution is 7.89. The Morgan fingerprint density at radius 3 is 2.32 bits per heavy atom. The zero-order valence-electron chi connectivity index (χ0n) is 14.9. The largest absolute Gasteiger partial charge is 0.494 e. The van der Waals surface area contributed by atoms with Crippen LogP contribution in [0.1, 0.15) is 20.3 Å². The number of ether oxygens (including phenoxy) is 1. The molecule has 1 aromatic carbocycles. The van der Waals surface area contributed by atoms with Gasteiger partial charge in [-0.05, 0) is 37.7 Å². The van der Waals surface area contributed by atoms with Crippen LogP contribution in [-0.4, -0.2) is 70.0 Å². The molecule has 1 aliphatic rings. The molecule has 0 aliphatic carbocycles. The average Bonchev–Trinajstić information content (AvgIpc) is 2.62. The van der Waals surface area contributed by atoms with Gasteiger partial charge in [0.1, 0.15) is 5.75 Å². The normalized spacial score (nSPS) is 16.0. The van der Waals surface area contributed by atoms with E-state index in [1.807, 2.05) is 6.92 Å². The fourth-order valence-corrected chi connectivity index (χ4v) is 3.76. The summed E-state index contributed by atoms with van der Waals surface area (Å²) in [6.07, 6.45) is 0.169. The second-order valence-corrected chi connectivity index (χ2v) is 7.63. The van der Waals surface area contributed by atoms with Gasteiger partial charge in [0.05, 0.1) is 11.5 Å².